The van der Waals surface area contributed by atoms with E-state index < -0.39 is 6.29 Å². The first kappa shape index (κ1) is 20.0. The van der Waals surface area contributed by atoms with Crippen molar-refractivity contribution in [3.8, 4) is 0 Å². The fraction of sp³-hybridized carbons (Fsp3) is 0.762. The molecule has 0 N–H and O–H groups in total. The van der Waals surface area contributed by atoms with Gasteiger partial charge in [0, 0.05) is 63.6 Å². The molecule has 0 saturated carbocycles. The van der Waals surface area contributed by atoms with Crippen molar-refractivity contribution >= 4 is 5.82 Å². The van der Waals surface area contributed by atoms with Crippen LogP contribution >= 0.6 is 0 Å². The molecule has 2 bridgehead atoms. The van der Waals surface area contributed by atoms with Crippen molar-refractivity contribution in [3.05, 3.63) is 23.6 Å². The molecule has 3 fully saturated rings. The number of halogens is 1. The lowest BCUT2D eigenvalue weighted by molar-refractivity contribution is -0.142. The van der Waals surface area contributed by atoms with Crippen molar-refractivity contribution in [3.63, 3.8) is 0 Å². The number of rotatable bonds is 8. The van der Waals surface area contributed by atoms with Crippen LogP contribution in [0.5, 0.6) is 0 Å². The van der Waals surface area contributed by atoms with Crippen molar-refractivity contribution in [1.29, 1.82) is 0 Å². The minimum Gasteiger partial charge on any atom is -0.351 e. The largest absolute Gasteiger partial charge is 0.351 e. The summed E-state index contributed by atoms with van der Waals surface area (Å²) in [5.74, 6) is 0.147. The Morgan fingerprint density at radius 3 is 2.32 bits per heavy atom. The van der Waals surface area contributed by atoms with Crippen LogP contribution < -0.4 is 4.90 Å². The third-order valence-electron chi connectivity index (χ3n) is 6.35. The zero-order chi connectivity index (χ0) is 19.8. The maximum Gasteiger partial charge on any atom is 0.201 e. The van der Waals surface area contributed by atoms with Crippen LogP contribution in [0.25, 0.3) is 0 Å². The lowest BCUT2D eigenvalue weighted by atomic mass is 10.0. The molecule has 1 aromatic heterocycles. The van der Waals surface area contributed by atoms with Gasteiger partial charge >= 0.3 is 0 Å². The van der Waals surface area contributed by atoms with Gasteiger partial charge in [0.15, 0.2) is 11.6 Å². The zero-order valence-corrected chi connectivity index (χ0v) is 17.5. The number of hydrogen-bond acceptors (Lipinski definition) is 6. The number of anilines is 1. The second-order valence-corrected chi connectivity index (χ2v) is 8.37. The normalized spacial score (nSPS) is 26.0. The van der Waals surface area contributed by atoms with Crippen LogP contribution in [0.2, 0.25) is 0 Å². The maximum atomic E-state index is 14.5. The molecule has 0 unspecified atom stereocenters. The molecule has 3 aliphatic rings. The average molecular weight is 393 g/mol. The molecule has 156 valence electrons. The van der Waals surface area contributed by atoms with E-state index in [1.807, 2.05) is 18.7 Å². The maximum absolute atomic E-state index is 14.5. The van der Waals surface area contributed by atoms with Crippen LogP contribution in [0.4, 0.5) is 10.2 Å². The smallest absolute Gasteiger partial charge is 0.201 e. The molecule has 0 amide bonds. The van der Waals surface area contributed by atoms with E-state index in [9.17, 15) is 4.39 Å². The SMILES string of the molecule is CCOC(OCC)c1ccc(F)c(N2CC(N3C[C@@H]4C[C@H]3CN4C(C)C)C2)n1. The van der Waals surface area contributed by atoms with Crippen LogP contribution in [0.15, 0.2) is 12.1 Å². The Morgan fingerprint density at radius 2 is 1.75 bits per heavy atom. The Hall–Kier alpha value is -1.28. The van der Waals surface area contributed by atoms with Gasteiger partial charge < -0.3 is 14.4 Å². The number of hydrogen-bond donors (Lipinski definition) is 0. The lowest BCUT2D eigenvalue weighted by Gasteiger charge is -2.49. The van der Waals surface area contributed by atoms with E-state index in [0.29, 0.717) is 48.9 Å². The van der Waals surface area contributed by atoms with Crippen molar-refractivity contribution in [2.24, 2.45) is 0 Å². The standard InChI is InChI=1S/C21H33FN4O2/c1-5-27-21(28-6-2)19-8-7-18(22)20(23-19)24-10-17(11-24)26-13-15-9-16(26)12-25(15)14(3)4/h7-8,14-17,21H,5-6,9-13H2,1-4H3/t15-,16-/m0/s1. The highest BCUT2D eigenvalue weighted by Gasteiger charge is 2.48. The highest BCUT2D eigenvalue weighted by atomic mass is 19.1. The Bertz CT molecular complexity index is 676. The van der Waals surface area contributed by atoms with Gasteiger partial charge in [0.2, 0.25) is 6.29 Å². The van der Waals surface area contributed by atoms with Crippen molar-refractivity contribution in [1.82, 2.24) is 14.8 Å². The molecule has 0 aliphatic carbocycles. The summed E-state index contributed by atoms with van der Waals surface area (Å²) in [5, 5.41) is 0. The van der Waals surface area contributed by atoms with Gasteiger partial charge in [-0.1, -0.05) is 0 Å². The van der Waals surface area contributed by atoms with E-state index in [2.05, 4.69) is 28.6 Å². The summed E-state index contributed by atoms with van der Waals surface area (Å²) >= 11 is 0. The van der Waals surface area contributed by atoms with E-state index in [-0.39, 0.29) is 5.82 Å². The topological polar surface area (TPSA) is 41.1 Å². The Kier molecular flexibility index (Phi) is 5.88. The summed E-state index contributed by atoms with van der Waals surface area (Å²) in [5.41, 5.74) is 0.636. The number of pyridine rings is 1. The van der Waals surface area contributed by atoms with Crippen LogP contribution in [-0.4, -0.2) is 78.3 Å². The predicted octanol–water partition coefficient (Wildman–Crippen LogP) is 2.65. The predicted molar refractivity (Wildman–Crippen MR) is 107 cm³/mol. The number of ether oxygens (including phenoxy) is 2. The molecule has 0 aromatic carbocycles. The Labute approximate surface area is 167 Å². The summed E-state index contributed by atoms with van der Waals surface area (Å²) in [6.07, 6.45) is 0.740. The van der Waals surface area contributed by atoms with Gasteiger partial charge in [-0.15, -0.1) is 0 Å². The second-order valence-electron chi connectivity index (χ2n) is 8.37. The van der Waals surface area contributed by atoms with E-state index in [1.165, 1.54) is 19.0 Å². The molecule has 6 nitrogen and oxygen atoms in total. The lowest BCUT2D eigenvalue weighted by Crippen LogP contribution is -2.64. The van der Waals surface area contributed by atoms with E-state index in [0.717, 1.165) is 19.6 Å². The third-order valence-corrected chi connectivity index (χ3v) is 6.35. The number of fused-ring (bicyclic) bond motifs is 2. The fourth-order valence-electron chi connectivity index (χ4n) is 4.97. The monoisotopic (exact) mass is 392 g/mol. The first-order chi connectivity index (χ1) is 13.5. The summed E-state index contributed by atoms with van der Waals surface area (Å²) in [7, 11) is 0. The van der Waals surface area contributed by atoms with Gasteiger partial charge in [-0.2, -0.15) is 0 Å². The molecule has 0 radical (unpaired) electrons. The molecule has 4 heterocycles. The van der Waals surface area contributed by atoms with Crippen LogP contribution in [0.1, 0.15) is 46.1 Å². The highest BCUT2D eigenvalue weighted by Crippen LogP contribution is 2.36. The summed E-state index contributed by atoms with van der Waals surface area (Å²) < 4.78 is 25.7. The van der Waals surface area contributed by atoms with Crippen LogP contribution in [0, 0.1) is 5.82 Å². The number of aromatic nitrogens is 1. The minimum absolute atomic E-state index is 0.275. The minimum atomic E-state index is -0.539. The second kappa shape index (κ2) is 8.22. The number of nitrogens with zero attached hydrogens (tertiary/aromatic N) is 4. The Balaban J connectivity index is 1.39. The summed E-state index contributed by atoms with van der Waals surface area (Å²) in [6, 6.07) is 5.61. The van der Waals surface area contributed by atoms with E-state index in [4.69, 9.17) is 9.47 Å². The molecular formula is C21H33FN4O2. The molecule has 1 aromatic rings. The molecular weight excluding hydrogens is 359 g/mol. The van der Waals surface area contributed by atoms with Crippen molar-refractivity contribution in [2.75, 3.05) is 44.3 Å². The first-order valence-electron chi connectivity index (χ1n) is 10.7. The summed E-state index contributed by atoms with van der Waals surface area (Å²) in [6.45, 7) is 13.5. The van der Waals surface area contributed by atoms with Gasteiger partial charge in [0.1, 0.15) is 0 Å². The highest BCUT2D eigenvalue weighted by molar-refractivity contribution is 5.45. The first-order valence-corrected chi connectivity index (χ1v) is 10.7. The molecule has 7 heteroatoms. The summed E-state index contributed by atoms with van der Waals surface area (Å²) in [4.78, 5) is 11.9. The van der Waals surface area contributed by atoms with E-state index >= 15 is 0 Å². The van der Waals surface area contributed by atoms with E-state index in [1.54, 1.807) is 6.07 Å². The molecule has 3 aliphatic heterocycles. The van der Waals surface area contributed by atoms with Crippen LogP contribution in [-0.2, 0) is 9.47 Å². The molecule has 2 atom stereocenters. The average Bonchev–Trinajstić information content (AvgIpc) is 3.23. The molecule has 0 spiro atoms. The Morgan fingerprint density at radius 1 is 1.04 bits per heavy atom. The fourth-order valence-corrected chi connectivity index (χ4v) is 4.97. The quantitative estimate of drug-likeness (QED) is 0.634. The van der Waals surface area contributed by atoms with Crippen LogP contribution in [0.3, 0.4) is 0 Å². The zero-order valence-electron chi connectivity index (χ0n) is 17.5. The third kappa shape index (κ3) is 3.65. The van der Waals surface area contributed by atoms with Gasteiger partial charge in [0.05, 0.1) is 5.69 Å². The van der Waals surface area contributed by atoms with Crippen molar-refractivity contribution < 1.29 is 13.9 Å². The van der Waals surface area contributed by atoms with Gasteiger partial charge in [0.25, 0.3) is 0 Å². The number of likely N-dealkylation sites (tertiary alicyclic amines) is 2. The molecule has 3 saturated heterocycles. The van der Waals surface area contributed by atoms with Gasteiger partial charge in [-0.25, -0.2) is 9.37 Å². The number of piperazine rings is 1. The molecule has 4 rings (SSSR count). The van der Waals surface area contributed by atoms with Crippen molar-refractivity contribution in [2.45, 2.75) is 64.6 Å². The molecule has 28 heavy (non-hydrogen) atoms. The van der Waals surface area contributed by atoms with Gasteiger partial charge in [-0.05, 0) is 46.2 Å². The van der Waals surface area contributed by atoms with Gasteiger partial charge in [-0.3, -0.25) is 9.80 Å².